The van der Waals surface area contributed by atoms with Crippen molar-refractivity contribution in [1.82, 2.24) is 9.97 Å². The molecule has 1 aromatic heterocycles. The van der Waals surface area contributed by atoms with Gasteiger partial charge in [-0.05, 0) is 5.41 Å². The molecule has 1 aromatic rings. The molecular weight excluding hydrogens is 190 g/mol. The minimum atomic E-state index is 0.220. The third kappa shape index (κ3) is 3.65. The van der Waals surface area contributed by atoms with E-state index in [1.165, 1.54) is 0 Å². The molecule has 0 atom stereocenters. The van der Waals surface area contributed by atoms with Crippen LogP contribution in [-0.2, 0) is 0 Å². The topological polar surface area (TPSA) is 46.1 Å². The minimum Gasteiger partial charge on any atom is -0.372 e. The average Bonchev–Trinajstić information content (AvgIpc) is 2.15. The van der Waals surface area contributed by atoms with Crippen LogP contribution in [0.15, 0.2) is 12.4 Å². The Morgan fingerprint density at radius 2 is 1.87 bits per heavy atom. The normalized spacial score (nSPS) is 11.2. The van der Waals surface area contributed by atoms with E-state index in [0.29, 0.717) is 6.29 Å². The Kier molecular flexibility index (Phi) is 3.39. The smallest absolute Gasteiger partial charge is 0.192 e. The number of hydrogen-bond acceptors (Lipinski definition) is 4. The number of carbonyl (C=O) groups excluding carboxylic acids is 1. The lowest BCUT2D eigenvalue weighted by molar-refractivity contribution is 0.111. The summed E-state index contributed by atoms with van der Waals surface area (Å²) in [5, 5.41) is 0. The van der Waals surface area contributed by atoms with Crippen LogP contribution >= 0.6 is 0 Å². The van der Waals surface area contributed by atoms with Gasteiger partial charge in [-0.1, -0.05) is 20.8 Å². The lowest BCUT2D eigenvalue weighted by atomic mass is 9.96. The van der Waals surface area contributed by atoms with Gasteiger partial charge in [-0.25, -0.2) is 9.97 Å². The van der Waals surface area contributed by atoms with E-state index < -0.39 is 0 Å². The quantitative estimate of drug-likeness (QED) is 0.709. The van der Waals surface area contributed by atoms with Crippen LogP contribution in [-0.4, -0.2) is 29.8 Å². The van der Waals surface area contributed by atoms with E-state index in [4.69, 9.17) is 0 Å². The monoisotopic (exact) mass is 207 g/mol. The second-order valence-electron chi connectivity index (χ2n) is 4.83. The molecule has 15 heavy (non-hydrogen) atoms. The standard InChI is InChI=1S/C11H17N3O/c1-11(2,3)8-14(4)9-5-12-10(7-15)13-6-9/h5-7H,8H2,1-4H3. The van der Waals surface area contributed by atoms with E-state index in [2.05, 4.69) is 35.6 Å². The Balaban J connectivity index is 2.74. The molecule has 0 aliphatic rings. The van der Waals surface area contributed by atoms with Crippen LogP contribution in [0.1, 0.15) is 31.4 Å². The zero-order valence-electron chi connectivity index (χ0n) is 9.69. The van der Waals surface area contributed by atoms with Gasteiger partial charge >= 0.3 is 0 Å². The fraction of sp³-hybridized carbons (Fsp3) is 0.545. The van der Waals surface area contributed by atoms with Gasteiger partial charge in [-0.2, -0.15) is 0 Å². The van der Waals surface area contributed by atoms with Gasteiger partial charge in [-0.15, -0.1) is 0 Å². The van der Waals surface area contributed by atoms with Gasteiger partial charge in [0.05, 0.1) is 18.1 Å². The zero-order chi connectivity index (χ0) is 11.5. The molecule has 0 aliphatic heterocycles. The van der Waals surface area contributed by atoms with Gasteiger partial charge < -0.3 is 4.90 Å². The molecule has 0 saturated heterocycles. The Morgan fingerprint density at radius 3 is 2.27 bits per heavy atom. The number of carbonyl (C=O) groups is 1. The van der Waals surface area contributed by atoms with E-state index in [9.17, 15) is 4.79 Å². The van der Waals surface area contributed by atoms with Crippen molar-refractivity contribution in [3.05, 3.63) is 18.2 Å². The van der Waals surface area contributed by atoms with Crippen molar-refractivity contribution in [3.8, 4) is 0 Å². The second kappa shape index (κ2) is 4.38. The predicted molar refractivity (Wildman–Crippen MR) is 60.1 cm³/mol. The third-order valence-corrected chi connectivity index (χ3v) is 1.92. The van der Waals surface area contributed by atoms with Gasteiger partial charge in [0.2, 0.25) is 0 Å². The van der Waals surface area contributed by atoms with Crippen molar-refractivity contribution in [2.45, 2.75) is 20.8 Å². The maximum Gasteiger partial charge on any atom is 0.192 e. The van der Waals surface area contributed by atoms with Crippen molar-refractivity contribution >= 4 is 12.0 Å². The van der Waals surface area contributed by atoms with E-state index in [-0.39, 0.29) is 11.2 Å². The molecule has 0 saturated carbocycles. The van der Waals surface area contributed by atoms with Crippen LogP contribution < -0.4 is 4.90 Å². The molecule has 0 amide bonds. The summed E-state index contributed by atoms with van der Waals surface area (Å²) >= 11 is 0. The first kappa shape index (κ1) is 11.6. The molecule has 0 unspecified atom stereocenters. The van der Waals surface area contributed by atoms with Crippen LogP contribution in [0.2, 0.25) is 0 Å². The Bertz CT molecular complexity index is 327. The Labute approximate surface area is 90.3 Å². The van der Waals surface area contributed by atoms with Crippen molar-refractivity contribution < 1.29 is 4.79 Å². The molecule has 82 valence electrons. The summed E-state index contributed by atoms with van der Waals surface area (Å²) in [6.07, 6.45) is 3.98. The molecule has 0 fully saturated rings. The Morgan fingerprint density at radius 1 is 1.33 bits per heavy atom. The molecule has 0 aromatic carbocycles. The number of anilines is 1. The SMILES string of the molecule is CN(CC(C)(C)C)c1cnc(C=O)nc1. The number of rotatable bonds is 3. The summed E-state index contributed by atoms with van der Waals surface area (Å²) in [5.74, 6) is 0.225. The summed E-state index contributed by atoms with van der Waals surface area (Å²) in [4.78, 5) is 20.3. The molecule has 0 aliphatic carbocycles. The van der Waals surface area contributed by atoms with E-state index in [0.717, 1.165) is 12.2 Å². The van der Waals surface area contributed by atoms with Gasteiger partial charge in [0.25, 0.3) is 0 Å². The fourth-order valence-corrected chi connectivity index (χ4v) is 1.39. The zero-order valence-corrected chi connectivity index (χ0v) is 9.69. The van der Waals surface area contributed by atoms with Gasteiger partial charge in [0, 0.05) is 13.6 Å². The maximum atomic E-state index is 10.4. The van der Waals surface area contributed by atoms with Crippen molar-refractivity contribution in [2.75, 3.05) is 18.5 Å². The number of nitrogens with zero attached hydrogens (tertiary/aromatic N) is 3. The van der Waals surface area contributed by atoms with E-state index >= 15 is 0 Å². The summed E-state index contributed by atoms with van der Waals surface area (Å²) in [6, 6.07) is 0. The van der Waals surface area contributed by atoms with Gasteiger partial charge in [-0.3, -0.25) is 4.79 Å². The van der Waals surface area contributed by atoms with Crippen molar-refractivity contribution in [2.24, 2.45) is 5.41 Å². The average molecular weight is 207 g/mol. The van der Waals surface area contributed by atoms with Crippen molar-refractivity contribution in [1.29, 1.82) is 0 Å². The van der Waals surface area contributed by atoms with E-state index in [1.54, 1.807) is 12.4 Å². The molecule has 4 heteroatoms. The summed E-state index contributed by atoms with van der Waals surface area (Å²) in [6.45, 7) is 7.43. The van der Waals surface area contributed by atoms with Crippen LogP contribution in [0.4, 0.5) is 5.69 Å². The largest absolute Gasteiger partial charge is 0.372 e. The van der Waals surface area contributed by atoms with Gasteiger partial charge in [0.1, 0.15) is 0 Å². The second-order valence-corrected chi connectivity index (χ2v) is 4.83. The molecule has 1 heterocycles. The first-order chi connectivity index (χ1) is 6.92. The van der Waals surface area contributed by atoms with Crippen LogP contribution in [0.25, 0.3) is 0 Å². The molecule has 0 N–H and O–H groups in total. The Hall–Kier alpha value is -1.45. The predicted octanol–water partition coefficient (Wildman–Crippen LogP) is 1.77. The molecule has 4 nitrogen and oxygen atoms in total. The van der Waals surface area contributed by atoms with Crippen molar-refractivity contribution in [3.63, 3.8) is 0 Å². The molecular formula is C11H17N3O. The molecule has 0 spiro atoms. The van der Waals surface area contributed by atoms with Crippen LogP contribution in [0.3, 0.4) is 0 Å². The van der Waals surface area contributed by atoms with E-state index in [1.807, 2.05) is 7.05 Å². The highest BCUT2D eigenvalue weighted by Gasteiger charge is 2.14. The van der Waals surface area contributed by atoms with Gasteiger partial charge in [0.15, 0.2) is 12.1 Å². The highest BCUT2D eigenvalue weighted by atomic mass is 16.1. The lowest BCUT2D eigenvalue weighted by Crippen LogP contribution is -2.29. The molecule has 1 rings (SSSR count). The highest BCUT2D eigenvalue weighted by Crippen LogP contribution is 2.18. The molecule has 0 radical (unpaired) electrons. The minimum absolute atomic E-state index is 0.220. The first-order valence-electron chi connectivity index (χ1n) is 4.91. The summed E-state index contributed by atoms with van der Waals surface area (Å²) < 4.78 is 0. The third-order valence-electron chi connectivity index (χ3n) is 1.92. The number of hydrogen-bond donors (Lipinski definition) is 0. The van der Waals surface area contributed by atoms with Crippen LogP contribution in [0.5, 0.6) is 0 Å². The fourth-order valence-electron chi connectivity index (χ4n) is 1.39. The highest BCUT2D eigenvalue weighted by molar-refractivity contribution is 5.68. The maximum absolute atomic E-state index is 10.4. The summed E-state index contributed by atoms with van der Waals surface area (Å²) in [5.41, 5.74) is 1.15. The number of aromatic nitrogens is 2. The lowest BCUT2D eigenvalue weighted by Gasteiger charge is -2.27. The summed E-state index contributed by atoms with van der Waals surface area (Å²) in [7, 11) is 1.99. The number of aldehydes is 1. The van der Waals surface area contributed by atoms with Crippen LogP contribution in [0, 0.1) is 5.41 Å². The first-order valence-corrected chi connectivity index (χ1v) is 4.91. The molecule has 0 bridgehead atoms.